The molecular formula is C24H24ClN5O3. The van der Waals surface area contributed by atoms with E-state index in [0.717, 1.165) is 5.56 Å². The van der Waals surface area contributed by atoms with Gasteiger partial charge in [-0.05, 0) is 61.9 Å². The van der Waals surface area contributed by atoms with Crippen LogP contribution in [0.4, 0.5) is 11.4 Å². The monoisotopic (exact) mass is 465 g/mol. The van der Waals surface area contributed by atoms with Crippen LogP contribution in [0.1, 0.15) is 35.6 Å². The van der Waals surface area contributed by atoms with Crippen molar-refractivity contribution in [2.75, 3.05) is 10.2 Å². The first-order valence-corrected chi connectivity index (χ1v) is 10.8. The van der Waals surface area contributed by atoms with Crippen LogP contribution in [0.5, 0.6) is 0 Å². The standard InChI is InChI=1S/C24H24ClN5O3/c1-15-12-21-22(32)30(20-10-8-19(9-11-20)27-16(2)31)24(3,14-29(21)28-15)23(33)26-13-17-4-6-18(25)7-5-17/h4-12H,13-14H2,1-3H3,(H,26,33)(H,27,31). The van der Waals surface area contributed by atoms with Crippen molar-refractivity contribution in [3.63, 3.8) is 0 Å². The topological polar surface area (TPSA) is 96.3 Å². The summed E-state index contributed by atoms with van der Waals surface area (Å²) in [5.41, 5.74) is 1.92. The zero-order chi connectivity index (χ0) is 23.8. The lowest BCUT2D eigenvalue weighted by molar-refractivity contribution is -0.126. The quantitative estimate of drug-likeness (QED) is 0.602. The number of fused-ring (bicyclic) bond motifs is 1. The molecule has 1 aliphatic rings. The number of halogens is 1. The van der Waals surface area contributed by atoms with Crippen LogP contribution < -0.4 is 15.5 Å². The first-order chi connectivity index (χ1) is 15.7. The lowest BCUT2D eigenvalue weighted by Crippen LogP contribution is -2.64. The van der Waals surface area contributed by atoms with Gasteiger partial charge in [0.25, 0.3) is 5.91 Å². The minimum atomic E-state index is -1.23. The van der Waals surface area contributed by atoms with Crippen molar-refractivity contribution in [3.8, 4) is 0 Å². The summed E-state index contributed by atoms with van der Waals surface area (Å²) in [7, 11) is 0. The fourth-order valence-corrected chi connectivity index (χ4v) is 4.11. The summed E-state index contributed by atoms with van der Waals surface area (Å²) in [4.78, 5) is 39.9. The van der Waals surface area contributed by atoms with Gasteiger partial charge >= 0.3 is 0 Å². The largest absolute Gasteiger partial charge is 0.350 e. The van der Waals surface area contributed by atoms with Crippen molar-refractivity contribution in [1.29, 1.82) is 0 Å². The van der Waals surface area contributed by atoms with Gasteiger partial charge in [0.2, 0.25) is 11.8 Å². The van der Waals surface area contributed by atoms with E-state index in [9.17, 15) is 14.4 Å². The van der Waals surface area contributed by atoms with Crippen LogP contribution >= 0.6 is 11.6 Å². The van der Waals surface area contributed by atoms with E-state index < -0.39 is 5.54 Å². The Balaban J connectivity index is 1.67. The Hall–Kier alpha value is -3.65. The third-order valence-corrected chi connectivity index (χ3v) is 5.83. The van der Waals surface area contributed by atoms with Gasteiger partial charge in [-0.2, -0.15) is 5.10 Å². The second-order valence-corrected chi connectivity index (χ2v) is 8.72. The van der Waals surface area contributed by atoms with E-state index in [-0.39, 0.29) is 24.3 Å². The molecule has 0 saturated carbocycles. The molecule has 33 heavy (non-hydrogen) atoms. The highest BCUT2D eigenvalue weighted by atomic mass is 35.5. The van der Waals surface area contributed by atoms with E-state index in [0.29, 0.717) is 34.3 Å². The number of aromatic nitrogens is 2. The van der Waals surface area contributed by atoms with E-state index in [2.05, 4.69) is 15.7 Å². The zero-order valence-electron chi connectivity index (χ0n) is 18.6. The molecule has 1 aliphatic heterocycles. The van der Waals surface area contributed by atoms with Crippen LogP contribution in [0.25, 0.3) is 0 Å². The van der Waals surface area contributed by atoms with Gasteiger partial charge in [0.05, 0.1) is 12.2 Å². The van der Waals surface area contributed by atoms with Crippen molar-refractivity contribution in [2.24, 2.45) is 0 Å². The van der Waals surface area contributed by atoms with E-state index >= 15 is 0 Å². The molecule has 3 aromatic rings. The molecule has 2 N–H and O–H groups in total. The number of carbonyl (C=O) groups is 3. The summed E-state index contributed by atoms with van der Waals surface area (Å²) >= 11 is 5.95. The first-order valence-electron chi connectivity index (χ1n) is 10.5. The summed E-state index contributed by atoms with van der Waals surface area (Å²) in [6.07, 6.45) is 0. The third kappa shape index (κ3) is 4.47. The molecule has 0 saturated heterocycles. The molecule has 4 rings (SSSR count). The average molecular weight is 466 g/mol. The number of amides is 3. The smallest absolute Gasteiger partial charge is 0.277 e. The molecule has 1 atom stereocenters. The first kappa shape index (κ1) is 22.5. The molecule has 2 heterocycles. The molecular weight excluding hydrogens is 442 g/mol. The maximum Gasteiger partial charge on any atom is 0.277 e. The number of carbonyl (C=O) groups excluding carboxylic acids is 3. The maximum absolute atomic E-state index is 13.5. The van der Waals surface area contributed by atoms with Crippen LogP contribution in [0.3, 0.4) is 0 Å². The summed E-state index contributed by atoms with van der Waals surface area (Å²) in [6, 6.07) is 15.7. The summed E-state index contributed by atoms with van der Waals surface area (Å²) in [5, 5.41) is 10.7. The van der Waals surface area contributed by atoms with E-state index in [1.54, 1.807) is 54.1 Å². The van der Waals surface area contributed by atoms with Gasteiger partial charge in [0.1, 0.15) is 11.2 Å². The van der Waals surface area contributed by atoms with Crippen LogP contribution in [-0.2, 0) is 22.7 Å². The van der Waals surface area contributed by atoms with E-state index in [1.165, 1.54) is 11.8 Å². The fraction of sp³-hybridized carbons (Fsp3) is 0.250. The van der Waals surface area contributed by atoms with E-state index in [4.69, 9.17) is 11.6 Å². The van der Waals surface area contributed by atoms with Gasteiger partial charge in [0, 0.05) is 29.9 Å². The highest BCUT2D eigenvalue weighted by Gasteiger charge is 2.48. The molecule has 8 nitrogen and oxygen atoms in total. The van der Waals surface area contributed by atoms with Crippen LogP contribution in [0.15, 0.2) is 54.6 Å². The van der Waals surface area contributed by atoms with Crippen LogP contribution in [0, 0.1) is 6.92 Å². The van der Waals surface area contributed by atoms with Gasteiger partial charge in [-0.3, -0.25) is 24.0 Å². The zero-order valence-corrected chi connectivity index (χ0v) is 19.3. The minimum absolute atomic E-state index is 0.192. The predicted molar refractivity (Wildman–Crippen MR) is 126 cm³/mol. The van der Waals surface area contributed by atoms with Gasteiger partial charge in [-0.25, -0.2) is 0 Å². The second-order valence-electron chi connectivity index (χ2n) is 8.28. The fourth-order valence-electron chi connectivity index (χ4n) is 3.99. The molecule has 0 spiro atoms. The van der Waals surface area contributed by atoms with E-state index in [1.807, 2.05) is 19.1 Å². The number of nitrogens with zero attached hydrogens (tertiary/aromatic N) is 3. The maximum atomic E-state index is 13.5. The molecule has 0 radical (unpaired) electrons. The van der Waals surface area contributed by atoms with Gasteiger partial charge in [0.15, 0.2) is 0 Å². The Kier molecular flexibility index (Phi) is 5.95. The highest BCUT2D eigenvalue weighted by Crippen LogP contribution is 2.33. The summed E-state index contributed by atoms with van der Waals surface area (Å²) in [6.45, 7) is 5.45. The van der Waals surface area contributed by atoms with Crippen molar-refractivity contribution in [2.45, 2.75) is 39.4 Å². The molecule has 0 fully saturated rings. The molecule has 2 aromatic carbocycles. The Labute approximate surface area is 196 Å². The molecule has 1 aromatic heterocycles. The van der Waals surface area contributed by atoms with Gasteiger partial charge in [-0.1, -0.05) is 23.7 Å². The number of rotatable bonds is 5. The Bertz CT molecular complexity index is 1220. The molecule has 3 amide bonds. The van der Waals surface area contributed by atoms with Gasteiger partial charge in [-0.15, -0.1) is 0 Å². The number of benzene rings is 2. The molecule has 0 bridgehead atoms. The minimum Gasteiger partial charge on any atom is -0.350 e. The molecule has 0 aliphatic carbocycles. The summed E-state index contributed by atoms with van der Waals surface area (Å²) in [5.74, 6) is -0.823. The Morgan fingerprint density at radius 2 is 1.79 bits per heavy atom. The number of anilines is 2. The normalized spacial score (nSPS) is 17.5. The lowest BCUT2D eigenvalue weighted by Gasteiger charge is -2.43. The Morgan fingerprint density at radius 1 is 1.12 bits per heavy atom. The average Bonchev–Trinajstić information content (AvgIpc) is 3.14. The van der Waals surface area contributed by atoms with Crippen LogP contribution in [-0.4, -0.2) is 33.0 Å². The molecule has 1 unspecified atom stereocenters. The SMILES string of the molecule is CC(=O)Nc1ccc(N2C(=O)c3cc(C)nn3CC2(C)C(=O)NCc2ccc(Cl)cc2)cc1. The second kappa shape index (κ2) is 8.71. The lowest BCUT2D eigenvalue weighted by atomic mass is 9.93. The summed E-state index contributed by atoms with van der Waals surface area (Å²) < 4.78 is 1.59. The Morgan fingerprint density at radius 3 is 2.42 bits per heavy atom. The number of nitrogens with one attached hydrogen (secondary N) is 2. The highest BCUT2D eigenvalue weighted by molar-refractivity contribution is 6.30. The number of aryl methyl sites for hydroxylation is 1. The van der Waals surface area contributed by atoms with Gasteiger partial charge < -0.3 is 10.6 Å². The molecule has 9 heteroatoms. The van der Waals surface area contributed by atoms with Crippen LogP contribution in [0.2, 0.25) is 5.02 Å². The van der Waals surface area contributed by atoms with Crippen molar-refractivity contribution in [1.82, 2.24) is 15.1 Å². The third-order valence-electron chi connectivity index (χ3n) is 5.58. The molecule has 170 valence electrons. The van der Waals surface area contributed by atoms with Crippen molar-refractivity contribution in [3.05, 3.63) is 76.6 Å². The predicted octanol–water partition coefficient (Wildman–Crippen LogP) is 3.54. The van der Waals surface area contributed by atoms with Crippen molar-refractivity contribution >= 4 is 40.7 Å². The van der Waals surface area contributed by atoms with Crippen molar-refractivity contribution < 1.29 is 14.4 Å². The number of hydrogen-bond acceptors (Lipinski definition) is 4. The number of hydrogen-bond donors (Lipinski definition) is 2.